The molecule has 0 amide bonds. The second-order valence-electron chi connectivity index (χ2n) is 4.79. The van der Waals surface area contributed by atoms with Gasteiger partial charge >= 0.3 is 5.88 Å². The number of hydrogen-bond donors (Lipinski definition) is 0. The lowest BCUT2D eigenvalue weighted by Gasteiger charge is -2.07. The molecule has 2 heterocycles. The maximum atomic E-state index is 10.6. The van der Waals surface area contributed by atoms with Crippen LogP contribution in [-0.2, 0) is 0 Å². The van der Waals surface area contributed by atoms with Gasteiger partial charge in [0.25, 0.3) is 11.1 Å². The highest BCUT2D eigenvalue weighted by Crippen LogP contribution is 2.34. The summed E-state index contributed by atoms with van der Waals surface area (Å²) < 4.78 is 21.1. The standard InChI is InChI=1S/C16H13N3O6S/c1-22-11-3-5-12(13(9-11)23-2)15-17-18-16(25-15)26-8-7-10-4-6-14(24-10)19(20)21/h3-9H,1-2H3/b8-7+. The van der Waals surface area contributed by atoms with Crippen LogP contribution in [0.25, 0.3) is 17.5 Å². The smallest absolute Gasteiger partial charge is 0.433 e. The largest absolute Gasteiger partial charge is 0.497 e. The first-order valence-corrected chi connectivity index (χ1v) is 8.12. The zero-order chi connectivity index (χ0) is 18.5. The predicted molar refractivity (Wildman–Crippen MR) is 93.1 cm³/mol. The summed E-state index contributed by atoms with van der Waals surface area (Å²) in [5.41, 5.74) is 0.637. The molecular weight excluding hydrogens is 362 g/mol. The lowest BCUT2D eigenvalue weighted by atomic mass is 10.2. The zero-order valence-electron chi connectivity index (χ0n) is 13.7. The fraction of sp³-hybridized carbons (Fsp3) is 0.125. The minimum absolute atomic E-state index is 0.300. The summed E-state index contributed by atoms with van der Waals surface area (Å²) in [6.45, 7) is 0. The molecule has 0 spiro atoms. The molecule has 3 rings (SSSR count). The van der Waals surface area contributed by atoms with Gasteiger partial charge in [0.15, 0.2) is 0 Å². The van der Waals surface area contributed by atoms with E-state index in [1.54, 1.807) is 36.8 Å². The minimum atomic E-state index is -0.600. The summed E-state index contributed by atoms with van der Waals surface area (Å²) >= 11 is 1.15. The fourth-order valence-electron chi connectivity index (χ4n) is 2.03. The Balaban J connectivity index is 1.71. The number of thioether (sulfide) groups is 1. The second-order valence-corrected chi connectivity index (χ2v) is 5.65. The summed E-state index contributed by atoms with van der Waals surface area (Å²) in [7, 11) is 3.10. The molecule has 0 radical (unpaired) electrons. The van der Waals surface area contributed by atoms with Gasteiger partial charge in [-0.05, 0) is 41.4 Å². The zero-order valence-corrected chi connectivity index (χ0v) is 14.6. The van der Waals surface area contributed by atoms with Gasteiger partial charge in [0.1, 0.15) is 22.2 Å². The van der Waals surface area contributed by atoms with E-state index in [1.165, 1.54) is 19.2 Å². The molecule has 0 N–H and O–H groups in total. The first kappa shape index (κ1) is 17.5. The highest BCUT2D eigenvalue weighted by molar-refractivity contribution is 8.02. The number of methoxy groups -OCH3 is 2. The van der Waals surface area contributed by atoms with E-state index < -0.39 is 4.92 Å². The molecular formula is C16H13N3O6S. The van der Waals surface area contributed by atoms with Crippen LogP contribution in [0.4, 0.5) is 5.88 Å². The molecule has 134 valence electrons. The molecule has 1 aromatic carbocycles. The van der Waals surface area contributed by atoms with E-state index in [1.807, 2.05) is 0 Å². The number of nitro groups is 1. The molecule has 9 nitrogen and oxygen atoms in total. The molecule has 2 aromatic heterocycles. The summed E-state index contributed by atoms with van der Waals surface area (Å²) in [6, 6.07) is 8.02. The Kier molecular flexibility index (Phi) is 5.23. The van der Waals surface area contributed by atoms with Gasteiger partial charge in [-0.15, -0.1) is 10.2 Å². The van der Waals surface area contributed by atoms with Crippen LogP contribution in [-0.4, -0.2) is 29.3 Å². The number of furan rings is 1. The van der Waals surface area contributed by atoms with Crippen molar-refractivity contribution in [2.75, 3.05) is 14.2 Å². The summed E-state index contributed by atoms with van der Waals surface area (Å²) in [6.07, 6.45) is 1.56. The van der Waals surface area contributed by atoms with Crippen molar-refractivity contribution in [3.63, 3.8) is 0 Å². The average molecular weight is 375 g/mol. The Morgan fingerprint density at radius 1 is 1.15 bits per heavy atom. The van der Waals surface area contributed by atoms with Gasteiger partial charge in [0, 0.05) is 6.07 Å². The van der Waals surface area contributed by atoms with E-state index in [2.05, 4.69) is 10.2 Å². The molecule has 0 unspecified atom stereocenters. The number of hydrogen-bond acceptors (Lipinski definition) is 9. The van der Waals surface area contributed by atoms with Crippen molar-refractivity contribution in [3.05, 3.63) is 51.6 Å². The first-order chi connectivity index (χ1) is 12.6. The number of rotatable bonds is 7. The maximum absolute atomic E-state index is 10.6. The van der Waals surface area contributed by atoms with Crippen molar-refractivity contribution in [1.82, 2.24) is 10.2 Å². The lowest BCUT2D eigenvalue weighted by Crippen LogP contribution is -1.90. The molecule has 0 saturated carbocycles. The van der Waals surface area contributed by atoms with E-state index in [-0.39, 0.29) is 5.88 Å². The molecule has 0 saturated heterocycles. The van der Waals surface area contributed by atoms with Crippen LogP contribution in [0.5, 0.6) is 11.5 Å². The summed E-state index contributed by atoms with van der Waals surface area (Å²) in [5.74, 6) is 1.52. The summed E-state index contributed by atoms with van der Waals surface area (Å²) in [5, 5.41) is 20.4. The number of nitrogens with zero attached hydrogens (tertiary/aromatic N) is 3. The number of aromatic nitrogens is 2. The van der Waals surface area contributed by atoms with E-state index in [4.69, 9.17) is 18.3 Å². The van der Waals surface area contributed by atoms with E-state index in [0.29, 0.717) is 33.9 Å². The fourth-order valence-corrected chi connectivity index (χ4v) is 2.56. The van der Waals surface area contributed by atoms with E-state index in [9.17, 15) is 10.1 Å². The highest BCUT2D eigenvalue weighted by atomic mass is 32.2. The quantitative estimate of drug-likeness (QED) is 0.343. The minimum Gasteiger partial charge on any atom is -0.497 e. The van der Waals surface area contributed by atoms with E-state index >= 15 is 0 Å². The van der Waals surface area contributed by atoms with Gasteiger partial charge in [-0.3, -0.25) is 10.1 Å². The van der Waals surface area contributed by atoms with Crippen LogP contribution in [0, 0.1) is 10.1 Å². The van der Waals surface area contributed by atoms with Gasteiger partial charge in [0.2, 0.25) is 0 Å². The van der Waals surface area contributed by atoms with Crippen LogP contribution in [0.1, 0.15) is 5.76 Å². The van der Waals surface area contributed by atoms with Crippen LogP contribution < -0.4 is 9.47 Å². The Morgan fingerprint density at radius 2 is 2.00 bits per heavy atom. The third-order valence-electron chi connectivity index (χ3n) is 3.24. The third-order valence-corrected chi connectivity index (χ3v) is 3.88. The SMILES string of the molecule is COc1ccc(-c2nnc(S/C=C/c3ccc([N+](=O)[O-])o3)o2)c(OC)c1. The molecule has 10 heteroatoms. The first-order valence-electron chi connectivity index (χ1n) is 7.24. The Morgan fingerprint density at radius 3 is 2.69 bits per heavy atom. The molecule has 0 fully saturated rings. The normalized spacial score (nSPS) is 11.0. The van der Waals surface area contributed by atoms with Gasteiger partial charge in [-0.2, -0.15) is 0 Å². The van der Waals surface area contributed by atoms with Gasteiger partial charge in [-0.1, -0.05) is 0 Å². The van der Waals surface area contributed by atoms with Crippen molar-refractivity contribution in [2.45, 2.75) is 5.22 Å². The summed E-state index contributed by atoms with van der Waals surface area (Å²) in [4.78, 5) is 9.97. The van der Waals surface area contributed by atoms with Gasteiger partial charge < -0.3 is 18.3 Å². The second kappa shape index (κ2) is 7.74. The van der Waals surface area contributed by atoms with Crippen molar-refractivity contribution in [3.8, 4) is 23.0 Å². The highest BCUT2D eigenvalue weighted by Gasteiger charge is 2.14. The Bertz CT molecular complexity index is 949. The van der Waals surface area contributed by atoms with Gasteiger partial charge in [0.05, 0.1) is 25.8 Å². The maximum Gasteiger partial charge on any atom is 0.433 e. The third kappa shape index (κ3) is 3.86. The lowest BCUT2D eigenvalue weighted by molar-refractivity contribution is -0.402. The molecule has 0 aliphatic carbocycles. The molecule has 0 aliphatic heterocycles. The van der Waals surface area contributed by atoms with Crippen LogP contribution in [0.3, 0.4) is 0 Å². The molecule has 0 atom stereocenters. The molecule has 3 aromatic rings. The van der Waals surface area contributed by atoms with Gasteiger partial charge in [-0.25, -0.2) is 0 Å². The predicted octanol–water partition coefficient (Wildman–Crippen LogP) is 4.02. The monoisotopic (exact) mass is 375 g/mol. The molecule has 0 aliphatic rings. The number of benzene rings is 1. The number of ether oxygens (including phenoxy) is 2. The average Bonchev–Trinajstić information content (AvgIpc) is 3.31. The van der Waals surface area contributed by atoms with Crippen molar-refractivity contribution < 1.29 is 23.2 Å². The van der Waals surface area contributed by atoms with Crippen LogP contribution in [0.15, 0.2) is 49.8 Å². The van der Waals surface area contributed by atoms with Crippen LogP contribution >= 0.6 is 11.8 Å². The Labute approximate surface area is 151 Å². The Hall–Kier alpha value is -3.27. The van der Waals surface area contributed by atoms with Crippen molar-refractivity contribution >= 4 is 23.7 Å². The molecule has 26 heavy (non-hydrogen) atoms. The van der Waals surface area contributed by atoms with Crippen molar-refractivity contribution in [2.24, 2.45) is 0 Å². The van der Waals surface area contributed by atoms with E-state index in [0.717, 1.165) is 11.8 Å². The molecule has 0 bridgehead atoms. The van der Waals surface area contributed by atoms with Crippen molar-refractivity contribution in [1.29, 1.82) is 0 Å². The van der Waals surface area contributed by atoms with Crippen LogP contribution in [0.2, 0.25) is 0 Å². The topological polar surface area (TPSA) is 114 Å².